The Morgan fingerprint density at radius 2 is 1.95 bits per heavy atom. The second-order valence-corrected chi connectivity index (χ2v) is 5.31. The first-order valence-electron chi connectivity index (χ1n) is 6.16. The molecule has 0 aliphatic heterocycles. The number of nitrogens with zero attached hydrogens (tertiary/aromatic N) is 3. The van der Waals surface area contributed by atoms with E-state index in [0.29, 0.717) is 5.82 Å². The summed E-state index contributed by atoms with van der Waals surface area (Å²) in [6.07, 6.45) is 3.54. The molecule has 100 valence electrons. The number of aryl methyl sites for hydroxylation is 1. The van der Waals surface area contributed by atoms with E-state index in [1.807, 2.05) is 43.4 Å². The highest BCUT2D eigenvalue weighted by Gasteiger charge is 2.18. The fourth-order valence-electron chi connectivity index (χ4n) is 2.17. The third-order valence-corrected chi connectivity index (χ3v) is 3.86. The van der Waals surface area contributed by atoms with Crippen molar-refractivity contribution in [1.82, 2.24) is 14.8 Å². The van der Waals surface area contributed by atoms with Gasteiger partial charge in [-0.25, -0.2) is 0 Å². The first-order chi connectivity index (χ1) is 9.68. The van der Waals surface area contributed by atoms with E-state index in [1.54, 1.807) is 17.1 Å². The SMILES string of the molecule is Cn1nc(-c2ccccc2Br)c(-c2cccnc2)c1N. The number of nitrogen functional groups attached to an aromatic ring is 1. The Labute approximate surface area is 125 Å². The van der Waals surface area contributed by atoms with Gasteiger partial charge in [-0.05, 0) is 12.1 Å². The summed E-state index contributed by atoms with van der Waals surface area (Å²) in [4.78, 5) is 4.16. The van der Waals surface area contributed by atoms with Crippen LogP contribution >= 0.6 is 15.9 Å². The van der Waals surface area contributed by atoms with Gasteiger partial charge in [0.25, 0.3) is 0 Å². The van der Waals surface area contributed by atoms with Crippen LogP contribution < -0.4 is 5.73 Å². The van der Waals surface area contributed by atoms with Crippen LogP contribution in [0.15, 0.2) is 53.3 Å². The molecule has 0 bridgehead atoms. The minimum atomic E-state index is 0.628. The van der Waals surface area contributed by atoms with Gasteiger partial charge in [-0.15, -0.1) is 0 Å². The van der Waals surface area contributed by atoms with Gasteiger partial charge in [0.05, 0.1) is 5.56 Å². The molecule has 0 saturated heterocycles. The van der Waals surface area contributed by atoms with Gasteiger partial charge in [0.15, 0.2) is 0 Å². The Hall–Kier alpha value is -2.14. The molecule has 0 saturated carbocycles. The van der Waals surface area contributed by atoms with Crippen molar-refractivity contribution in [3.8, 4) is 22.4 Å². The van der Waals surface area contributed by atoms with Crippen LogP contribution in [0.1, 0.15) is 0 Å². The van der Waals surface area contributed by atoms with Crippen molar-refractivity contribution < 1.29 is 0 Å². The van der Waals surface area contributed by atoms with E-state index in [4.69, 9.17) is 5.73 Å². The third kappa shape index (κ3) is 2.10. The Bertz CT molecular complexity index is 750. The van der Waals surface area contributed by atoms with E-state index in [-0.39, 0.29) is 0 Å². The molecule has 5 heteroatoms. The van der Waals surface area contributed by atoms with Crippen LogP contribution in [0.4, 0.5) is 5.82 Å². The number of hydrogen-bond acceptors (Lipinski definition) is 3. The fourth-order valence-corrected chi connectivity index (χ4v) is 2.65. The van der Waals surface area contributed by atoms with Crippen molar-refractivity contribution in [1.29, 1.82) is 0 Å². The molecular formula is C15H13BrN4. The van der Waals surface area contributed by atoms with Crippen LogP contribution in [0.2, 0.25) is 0 Å². The van der Waals surface area contributed by atoms with Crippen LogP contribution in [-0.2, 0) is 7.05 Å². The van der Waals surface area contributed by atoms with Crippen LogP contribution in [0.25, 0.3) is 22.4 Å². The fraction of sp³-hybridized carbons (Fsp3) is 0.0667. The average molecular weight is 329 g/mol. The van der Waals surface area contributed by atoms with E-state index in [1.165, 1.54) is 0 Å². The van der Waals surface area contributed by atoms with Crippen molar-refractivity contribution in [2.24, 2.45) is 7.05 Å². The Balaban J connectivity index is 2.28. The maximum Gasteiger partial charge on any atom is 0.129 e. The first-order valence-corrected chi connectivity index (χ1v) is 6.95. The molecule has 0 unspecified atom stereocenters. The Morgan fingerprint density at radius 3 is 2.65 bits per heavy atom. The lowest BCUT2D eigenvalue weighted by atomic mass is 10.0. The number of halogens is 1. The largest absolute Gasteiger partial charge is 0.383 e. The summed E-state index contributed by atoms with van der Waals surface area (Å²) < 4.78 is 2.68. The molecule has 0 spiro atoms. The summed E-state index contributed by atoms with van der Waals surface area (Å²) in [6.45, 7) is 0. The minimum Gasteiger partial charge on any atom is -0.383 e. The van der Waals surface area contributed by atoms with Crippen LogP contribution in [-0.4, -0.2) is 14.8 Å². The monoisotopic (exact) mass is 328 g/mol. The molecule has 3 rings (SSSR count). The highest BCUT2D eigenvalue weighted by molar-refractivity contribution is 9.10. The van der Waals surface area contributed by atoms with E-state index in [9.17, 15) is 0 Å². The van der Waals surface area contributed by atoms with Gasteiger partial charge >= 0.3 is 0 Å². The topological polar surface area (TPSA) is 56.7 Å². The first kappa shape index (κ1) is 12.9. The van der Waals surface area contributed by atoms with Crippen molar-refractivity contribution in [3.63, 3.8) is 0 Å². The van der Waals surface area contributed by atoms with Gasteiger partial charge < -0.3 is 5.73 Å². The quantitative estimate of drug-likeness (QED) is 0.783. The Kier molecular flexibility index (Phi) is 3.28. The molecule has 3 aromatic rings. The molecule has 4 nitrogen and oxygen atoms in total. The summed E-state index contributed by atoms with van der Waals surface area (Å²) >= 11 is 3.57. The molecule has 2 aromatic heterocycles. The molecule has 1 aromatic carbocycles. The van der Waals surface area contributed by atoms with Crippen LogP contribution in [0, 0.1) is 0 Å². The molecule has 0 aliphatic rings. The summed E-state index contributed by atoms with van der Waals surface area (Å²) in [6, 6.07) is 11.9. The number of pyridine rings is 1. The molecule has 2 heterocycles. The van der Waals surface area contributed by atoms with E-state index < -0.39 is 0 Å². The van der Waals surface area contributed by atoms with E-state index >= 15 is 0 Å². The molecule has 0 radical (unpaired) electrons. The van der Waals surface area contributed by atoms with Crippen molar-refractivity contribution in [3.05, 3.63) is 53.3 Å². The molecule has 20 heavy (non-hydrogen) atoms. The number of nitrogens with two attached hydrogens (primary N) is 1. The molecule has 0 amide bonds. The molecule has 0 atom stereocenters. The zero-order valence-corrected chi connectivity index (χ0v) is 12.5. The molecule has 2 N–H and O–H groups in total. The van der Waals surface area contributed by atoms with Crippen LogP contribution in [0.3, 0.4) is 0 Å². The molecule has 0 fully saturated rings. The molecule has 0 aliphatic carbocycles. The molecular weight excluding hydrogens is 316 g/mol. The van der Waals surface area contributed by atoms with Crippen molar-refractivity contribution >= 4 is 21.7 Å². The minimum absolute atomic E-state index is 0.628. The number of benzene rings is 1. The number of rotatable bonds is 2. The zero-order valence-electron chi connectivity index (χ0n) is 10.9. The van der Waals surface area contributed by atoms with Gasteiger partial charge in [-0.3, -0.25) is 9.67 Å². The second-order valence-electron chi connectivity index (χ2n) is 4.45. The number of anilines is 1. The highest BCUT2D eigenvalue weighted by Crippen LogP contribution is 2.38. The van der Waals surface area contributed by atoms with Gasteiger partial charge in [0.1, 0.15) is 11.5 Å². The highest BCUT2D eigenvalue weighted by atomic mass is 79.9. The van der Waals surface area contributed by atoms with Crippen molar-refractivity contribution in [2.75, 3.05) is 5.73 Å². The summed E-state index contributed by atoms with van der Waals surface area (Å²) in [5.41, 5.74) is 9.92. The zero-order chi connectivity index (χ0) is 14.1. The standard InChI is InChI=1S/C15H13BrN4/c1-20-15(17)13(10-5-4-8-18-9-10)14(19-20)11-6-2-3-7-12(11)16/h2-9H,17H2,1H3. The normalized spacial score (nSPS) is 10.7. The van der Waals surface area contributed by atoms with E-state index in [0.717, 1.165) is 26.9 Å². The Morgan fingerprint density at radius 1 is 1.15 bits per heavy atom. The summed E-state index contributed by atoms with van der Waals surface area (Å²) in [5, 5.41) is 4.55. The smallest absolute Gasteiger partial charge is 0.129 e. The summed E-state index contributed by atoms with van der Waals surface area (Å²) in [7, 11) is 1.84. The maximum absolute atomic E-state index is 6.18. The van der Waals surface area contributed by atoms with Gasteiger partial charge in [0, 0.05) is 35.0 Å². The third-order valence-electron chi connectivity index (χ3n) is 3.17. The lowest BCUT2D eigenvalue weighted by molar-refractivity contribution is 0.782. The maximum atomic E-state index is 6.18. The lowest BCUT2D eigenvalue weighted by Crippen LogP contribution is -1.98. The number of hydrogen-bond donors (Lipinski definition) is 1. The van der Waals surface area contributed by atoms with Crippen LogP contribution in [0.5, 0.6) is 0 Å². The summed E-state index contributed by atoms with van der Waals surface area (Å²) in [5.74, 6) is 0.628. The average Bonchev–Trinajstić information content (AvgIpc) is 2.76. The van der Waals surface area contributed by atoms with Gasteiger partial charge in [0.2, 0.25) is 0 Å². The second kappa shape index (κ2) is 5.09. The predicted octanol–water partition coefficient (Wildman–Crippen LogP) is 3.49. The number of aromatic nitrogens is 3. The predicted molar refractivity (Wildman–Crippen MR) is 84.0 cm³/mol. The van der Waals surface area contributed by atoms with Gasteiger partial charge in [-0.1, -0.05) is 40.2 Å². The van der Waals surface area contributed by atoms with Gasteiger partial charge in [-0.2, -0.15) is 5.10 Å². The van der Waals surface area contributed by atoms with Crippen molar-refractivity contribution in [2.45, 2.75) is 0 Å². The van der Waals surface area contributed by atoms with E-state index in [2.05, 4.69) is 26.0 Å². The lowest BCUT2D eigenvalue weighted by Gasteiger charge is -2.05.